The smallest absolute Gasteiger partial charge is 0.306 e. The first-order valence-electron chi connectivity index (χ1n) is 6.87. The molecule has 0 atom stereocenters. The highest BCUT2D eigenvalue weighted by atomic mass is 16.5. The molecule has 0 unspecified atom stereocenters. The Bertz CT molecular complexity index is 657. The lowest BCUT2D eigenvalue weighted by Gasteiger charge is -2.04. The number of hydrogen-bond donors (Lipinski definition) is 1. The zero-order chi connectivity index (χ0) is 15.8. The summed E-state index contributed by atoms with van der Waals surface area (Å²) in [7, 11) is 0. The van der Waals surface area contributed by atoms with E-state index in [0.29, 0.717) is 11.3 Å². The molecule has 112 valence electrons. The van der Waals surface area contributed by atoms with Crippen molar-refractivity contribution in [2.45, 2.75) is 6.42 Å². The van der Waals surface area contributed by atoms with Gasteiger partial charge in [-0.3, -0.25) is 9.59 Å². The topological polar surface area (TPSA) is 63.6 Å². The van der Waals surface area contributed by atoms with E-state index in [2.05, 4.69) is 0 Å². The molecule has 2 aromatic carbocycles. The maximum Gasteiger partial charge on any atom is 0.306 e. The van der Waals surface area contributed by atoms with Gasteiger partial charge < -0.3 is 9.84 Å². The highest BCUT2D eigenvalue weighted by Crippen LogP contribution is 2.14. The van der Waals surface area contributed by atoms with Crippen molar-refractivity contribution in [3.8, 4) is 5.75 Å². The van der Waals surface area contributed by atoms with Crippen LogP contribution in [0.5, 0.6) is 5.75 Å². The Balaban J connectivity index is 1.93. The van der Waals surface area contributed by atoms with Gasteiger partial charge in [-0.05, 0) is 35.9 Å². The molecule has 22 heavy (non-hydrogen) atoms. The van der Waals surface area contributed by atoms with Gasteiger partial charge in [0.2, 0.25) is 0 Å². The summed E-state index contributed by atoms with van der Waals surface area (Å²) < 4.78 is 5.27. The summed E-state index contributed by atoms with van der Waals surface area (Å²) in [6, 6.07) is 16.2. The quantitative estimate of drug-likeness (QED) is 0.628. The van der Waals surface area contributed by atoms with Gasteiger partial charge in [-0.1, -0.05) is 36.4 Å². The number of allylic oxidation sites excluding steroid dienone is 1. The predicted molar refractivity (Wildman–Crippen MR) is 84.0 cm³/mol. The first-order valence-corrected chi connectivity index (χ1v) is 6.87. The van der Waals surface area contributed by atoms with Gasteiger partial charge in [0, 0.05) is 5.56 Å². The van der Waals surface area contributed by atoms with Crippen molar-refractivity contribution in [2.75, 3.05) is 6.61 Å². The van der Waals surface area contributed by atoms with Crippen molar-refractivity contribution in [1.29, 1.82) is 0 Å². The predicted octanol–water partition coefficient (Wildman–Crippen LogP) is 3.44. The number of carboxylic acids is 1. The van der Waals surface area contributed by atoms with Crippen LogP contribution in [-0.2, 0) is 4.79 Å². The molecule has 2 rings (SSSR count). The SMILES string of the molecule is O=C(O)CCOc1ccc(C(=O)/C=C/c2ccccc2)cc1. The Morgan fingerprint density at radius 2 is 1.68 bits per heavy atom. The number of carboxylic acid groups (broad SMARTS) is 1. The van der Waals surface area contributed by atoms with E-state index in [1.807, 2.05) is 30.3 Å². The Morgan fingerprint density at radius 3 is 2.32 bits per heavy atom. The maximum atomic E-state index is 12.0. The first-order chi connectivity index (χ1) is 10.6. The average Bonchev–Trinajstić information content (AvgIpc) is 2.54. The van der Waals surface area contributed by atoms with E-state index in [0.717, 1.165) is 5.56 Å². The van der Waals surface area contributed by atoms with Gasteiger partial charge in [0.25, 0.3) is 0 Å². The lowest BCUT2D eigenvalue weighted by Crippen LogP contribution is -2.04. The van der Waals surface area contributed by atoms with Crippen LogP contribution in [0.1, 0.15) is 22.3 Å². The third-order valence-corrected chi connectivity index (χ3v) is 2.95. The van der Waals surface area contributed by atoms with Crippen LogP contribution in [0.2, 0.25) is 0 Å². The molecule has 2 aromatic rings. The maximum absolute atomic E-state index is 12.0. The van der Waals surface area contributed by atoms with Crippen molar-refractivity contribution >= 4 is 17.8 Å². The lowest BCUT2D eigenvalue weighted by molar-refractivity contribution is -0.137. The number of hydrogen-bond acceptors (Lipinski definition) is 3. The van der Waals surface area contributed by atoms with Crippen molar-refractivity contribution < 1.29 is 19.4 Å². The number of ketones is 1. The number of aliphatic carboxylic acids is 1. The summed E-state index contributed by atoms with van der Waals surface area (Å²) in [6.45, 7) is 0.108. The van der Waals surface area contributed by atoms with E-state index in [-0.39, 0.29) is 18.8 Å². The molecule has 0 amide bonds. The summed E-state index contributed by atoms with van der Waals surface area (Å²) in [5.74, 6) is -0.455. The molecule has 0 fully saturated rings. The summed E-state index contributed by atoms with van der Waals surface area (Å²) in [6.07, 6.45) is 3.23. The van der Waals surface area contributed by atoms with Crippen molar-refractivity contribution in [1.82, 2.24) is 0 Å². The first kappa shape index (κ1) is 15.5. The van der Waals surface area contributed by atoms with Crippen LogP contribution in [0.15, 0.2) is 60.7 Å². The standard InChI is InChI=1S/C18H16O4/c19-17(11-6-14-4-2-1-3-5-14)15-7-9-16(10-8-15)22-13-12-18(20)21/h1-11H,12-13H2,(H,20,21)/b11-6+. The highest BCUT2D eigenvalue weighted by molar-refractivity contribution is 6.06. The van der Waals surface area contributed by atoms with E-state index in [1.165, 1.54) is 6.08 Å². The number of carbonyl (C=O) groups is 2. The van der Waals surface area contributed by atoms with E-state index >= 15 is 0 Å². The fourth-order valence-electron chi connectivity index (χ4n) is 1.80. The Morgan fingerprint density at radius 1 is 1.00 bits per heavy atom. The average molecular weight is 296 g/mol. The summed E-state index contributed by atoms with van der Waals surface area (Å²) in [4.78, 5) is 22.4. The summed E-state index contributed by atoms with van der Waals surface area (Å²) >= 11 is 0. The third-order valence-electron chi connectivity index (χ3n) is 2.95. The van der Waals surface area contributed by atoms with Gasteiger partial charge in [0.05, 0.1) is 13.0 Å². The largest absolute Gasteiger partial charge is 0.493 e. The van der Waals surface area contributed by atoms with Crippen LogP contribution >= 0.6 is 0 Å². The monoisotopic (exact) mass is 296 g/mol. The Hall–Kier alpha value is -2.88. The second kappa shape index (κ2) is 7.78. The van der Waals surface area contributed by atoms with Crippen LogP contribution in [0.4, 0.5) is 0 Å². The minimum atomic E-state index is -0.905. The molecule has 0 aliphatic rings. The summed E-state index contributed by atoms with van der Waals surface area (Å²) in [5, 5.41) is 8.53. The van der Waals surface area contributed by atoms with E-state index in [9.17, 15) is 9.59 Å². The van der Waals surface area contributed by atoms with Gasteiger partial charge in [-0.15, -0.1) is 0 Å². The molecular formula is C18H16O4. The number of benzene rings is 2. The molecular weight excluding hydrogens is 280 g/mol. The molecule has 4 heteroatoms. The molecule has 0 aromatic heterocycles. The molecule has 0 heterocycles. The van der Waals surface area contributed by atoms with Gasteiger partial charge in [-0.25, -0.2) is 0 Å². The second-order valence-electron chi connectivity index (χ2n) is 4.62. The Labute approximate surface area is 128 Å². The van der Waals surface area contributed by atoms with Gasteiger partial charge >= 0.3 is 5.97 Å². The molecule has 0 bridgehead atoms. The van der Waals surface area contributed by atoms with Crippen molar-refractivity contribution in [3.63, 3.8) is 0 Å². The molecule has 0 radical (unpaired) electrons. The van der Waals surface area contributed by atoms with Crippen LogP contribution in [0, 0.1) is 0 Å². The fraction of sp³-hybridized carbons (Fsp3) is 0.111. The van der Waals surface area contributed by atoms with Crippen LogP contribution in [-0.4, -0.2) is 23.5 Å². The van der Waals surface area contributed by atoms with Gasteiger partial charge in [0.1, 0.15) is 5.75 Å². The minimum absolute atomic E-state index is 0.0551. The minimum Gasteiger partial charge on any atom is -0.493 e. The Kier molecular flexibility index (Phi) is 5.49. The van der Waals surface area contributed by atoms with E-state index in [1.54, 1.807) is 30.3 Å². The number of ether oxygens (including phenoxy) is 1. The number of rotatable bonds is 7. The number of carbonyl (C=O) groups excluding carboxylic acids is 1. The zero-order valence-corrected chi connectivity index (χ0v) is 11.9. The molecule has 0 aliphatic carbocycles. The molecule has 0 saturated heterocycles. The fourth-order valence-corrected chi connectivity index (χ4v) is 1.80. The van der Waals surface area contributed by atoms with E-state index in [4.69, 9.17) is 9.84 Å². The molecule has 0 saturated carbocycles. The van der Waals surface area contributed by atoms with Crippen LogP contribution in [0.3, 0.4) is 0 Å². The zero-order valence-electron chi connectivity index (χ0n) is 11.9. The molecule has 1 N–H and O–H groups in total. The third kappa shape index (κ3) is 4.90. The second-order valence-corrected chi connectivity index (χ2v) is 4.62. The molecule has 0 spiro atoms. The lowest BCUT2D eigenvalue weighted by atomic mass is 10.1. The highest BCUT2D eigenvalue weighted by Gasteiger charge is 2.03. The van der Waals surface area contributed by atoms with Crippen molar-refractivity contribution in [2.24, 2.45) is 0 Å². The van der Waals surface area contributed by atoms with Gasteiger partial charge in [0.15, 0.2) is 5.78 Å². The normalized spacial score (nSPS) is 10.5. The summed E-state index contributed by atoms with van der Waals surface area (Å²) in [5.41, 5.74) is 1.52. The van der Waals surface area contributed by atoms with E-state index < -0.39 is 5.97 Å². The van der Waals surface area contributed by atoms with Gasteiger partial charge in [-0.2, -0.15) is 0 Å². The molecule has 0 aliphatic heterocycles. The van der Waals surface area contributed by atoms with Crippen molar-refractivity contribution in [3.05, 3.63) is 71.8 Å². The van der Waals surface area contributed by atoms with Crippen LogP contribution < -0.4 is 4.74 Å². The molecule has 4 nitrogen and oxygen atoms in total. The van der Waals surface area contributed by atoms with Crippen LogP contribution in [0.25, 0.3) is 6.08 Å².